The maximum absolute atomic E-state index is 12.6. The number of benzene rings is 1. The van der Waals surface area contributed by atoms with Gasteiger partial charge in [-0.2, -0.15) is 9.57 Å². The lowest BCUT2D eigenvalue weighted by atomic mass is 10.2. The normalized spacial score (nSPS) is 15.2. The first-order chi connectivity index (χ1) is 9.59. The minimum Gasteiger partial charge on any atom is -0.207 e. The highest BCUT2D eigenvalue weighted by atomic mass is 32.2. The van der Waals surface area contributed by atoms with Gasteiger partial charge in [0.05, 0.1) is 17.4 Å². The van der Waals surface area contributed by atoms with E-state index in [0.717, 1.165) is 31.2 Å². The van der Waals surface area contributed by atoms with E-state index in [1.54, 1.807) is 28.6 Å². The quantitative estimate of drug-likeness (QED) is 0.776. The second-order valence-electron chi connectivity index (χ2n) is 5.18. The second kappa shape index (κ2) is 6.38. The molecule has 4 nitrogen and oxygen atoms in total. The van der Waals surface area contributed by atoms with Crippen molar-refractivity contribution in [2.24, 2.45) is 0 Å². The molecule has 0 heterocycles. The maximum Gasteiger partial charge on any atom is 0.243 e. The summed E-state index contributed by atoms with van der Waals surface area (Å²) in [4.78, 5) is 0.335. The molecule has 2 rings (SSSR count). The summed E-state index contributed by atoms with van der Waals surface area (Å²) < 4.78 is 26.9. The smallest absolute Gasteiger partial charge is 0.207 e. The molecule has 1 fully saturated rings. The summed E-state index contributed by atoms with van der Waals surface area (Å²) in [5.74, 6) is 0. The van der Waals surface area contributed by atoms with Crippen LogP contribution in [0.15, 0.2) is 29.2 Å². The molecule has 0 radical (unpaired) electrons. The fraction of sp³-hybridized carbons (Fsp3) is 0.533. The highest BCUT2D eigenvalue weighted by molar-refractivity contribution is 7.89. The Bertz CT molecular complexity index is 583. The zero-order chi connectivity index (χ0) is 14.6. The molecule has 0 N–H and O–H groups in total. The number of unbranched alkanes of at least 4 members (excludes halogenated alkanes) is 1. The lowest BCUT2D eigenvalue weighted by Gasteiger charge is -2.21. The maximum atomic E-state index is 12.6. The number of nitrogens with zero attached hydrogens (tertiary/aromatic N) is 2. The van der Waals surface area contributed by atoms with Crippen molar-refractivity contribution in [2.45, 2.75) is 50.0 Å². The SMILES string of the molecule is CCCCN(C1CC1)S(=O)(=O)c1ccc(CC#N)cc1. The van der Waals surface area contributed by atoms with Crippen molar-refractivity contribution in [3.05, 3.63) is 29.8 Å². The molecule has 1 saturated carbocycles. The lowest BCUT2D eigenvalue weighted by molar-refractivity contribution is 0.395. The van der Waals surface area contributed by atoms with E-state index in [-0.39, 0.29) is 6.04 Å². The largest absolute Gasteiger partial charge is 0.243 e. The average Bonchev–Trinajstić information content (AvgIpc) is 3.24. The van der Waals surface area contributed by atoms with E-state index in [2.05, 4.69) is 13.0 Å². The molecule has 1 aromatic carbocycles. The van der Waals surface area contributed by atoms with Gasteiger partial charge in [0.15, 0.2) is 0 Å². The van der Waals surface area contributed by atoms with Crippen molar-refractivity contribution in [3.63, 3.8) is 0 Å². The van der Waals surface area contributed by atoms with Crippen molar-refractivity contribution in [1.29, 1.82) is 5.26 Å². The van der Waals surface area contributed by atoms with Crippen LogP contribution in [0.25, 0.3) is 0 Å². The van der Waals surface area contributed by atoms with Gasteiger partial charge in [0.2, 0.25) is 10.0 Å². The molecule has 0 atom stereocenters. The van der Waals surface area contributed by atoms with E-state index in [1.165, 1.54) is 0 Å². The number of hydrogen-bond donors (Lipinski definition) is 0. The van der Waals surface area contributed by atoms with E-state index >= 15 is 0 Å². The molecule has 0 aliphatic heterocycles. The van der Waals surface area contributed by atoms with Crippen LogP contribution in [0.2, 0.25) is 0 Å². The van der Waals surface area contributed by atoms with Gasteiger partial charge >= 0.3 is 0 Å². The van der Waals surface area contributed by atoms with Crippen molar-refractivity contribution >= 4 is 10.0 Å². The van der Waals surface area contributed by atoms with Crippen LogP contribution in [-0.4, -0.2) is 25.3 Å². The van der Waals surface area contributed by atoms with Crippen LogP contribution in [-0.2, 0) is 16.4 Å². The topological polar surface area (TPSA) is 61.2 Å². The molecule has 0 spiro atoms. The van der Waals surface area contributed by atoms with Gasteiger partial charge in [-0.1, -0.05) is 25.5 Å². The highest BCUT2D eigenvalue weighted by Crippen LogP contribution is 2.32. The molecule has 5 heteroatoms. The first-order valence-corrected chi connectivity index (χ1v) is 8.51. The molecule has 1 aromatic rings. The van der Waals surface area contributed by atoms with Crippen molar-refractivity contribution < 1.29 is 8.42 Å². The van der Waals surface area contributed by atoms with Crippen molar-refractivity contribution in [2.75, 3.05) is 6.54 Å². The van der Waals surface area contributed by atoms with E-state index in [9.17, 15) is 8.42 Å². The first-order valence-electron chi connectivity index (χ1n) is 7.07. The Balaban J connectivity index is 2.21. The van der Waals surface area contributed by atoms with Gasteiger partial charge in [-0.15, -0.1) is 0 Å². The molecular formula is C15H20N2O2S. The molecule has 108 valence electrons. The van der Waals surface area contributed by atoms with Gasteiger partial charge in [-0.3, -0.25) is 0 Å². The Kier molecular flexibility index (Phi) is 4.79. The van der Waals surface area contributed by atoms with Crippen LogP contribution in [0.3, 0.4) is 0 Å². The van der Waals surface area contributed by atoms with Crippen molar-refractivity contribution in [1.82, 2.24) is 4.31 Å². The summed E-state index contributed by atoms with van der Waals surface area (Å²) >= 11 is 0. The minimum atomic E-state index is -3.39. The van der Waals surface area contributed by atoms with E-state index in [0.29, 0.717) is 17.9 Å². The van der Waals surface area contributed by atoms with E-state index < -0.39 is 10.0 Å². The van der Waals surface area contributed by atoms with E-state index in [1.807, 2.05) is 0 Å². The number of rotatable bonds is 7. The zero-order valence-corrected chi connectivity index (χ0v) is 12.6. The summed E-state index contributed by atoms with van der Waals surface area (Å²) in [7, 11) is -3.39. The van der Waals surface area contributed by atoms with Crippen LogP contribution in [0.5, 0.6) is 0 Å². The second-order valence-corrected chi connectivity index (χ2v) is 7.07. The summed E-state index contributed by atoms with van der Waals surface area (Å²) in [6.45, 7) is 2.66. The van der Waals surface area contributed by atoms with Gasteiger partial charge in [-0.05, 0) is 37.0 Å². The van der Waals surface area contributed by atoms with Gasteiger partial charge in [-0.25, -0.2) is 8.42 Å². The molecule has 20 heavy (non-hydrogen) atoms. The molecule has 0 saturated heterocycles. The van der Waals surface area contributed by atoms with Crippen LogP contribution in [0.4, 0.5) is 0 Å². The predicted molar refractivity (Wildman–Crippen MR) is 77.6 cm³/mol. The molecule has 1 aliphatic carbocycles. The summed E-state index contributed by atoms with van der Waals surface area (Å²) in [6, 6.07) is 8.92. The third-order valence-electron chi connectivity index (χ3n) is 3.50. The Morgan fingerprint density at radius 2 is 1.95 bits per heavy atom. The summed E-state index contributed by atoms with van der Waals surface area (Å²) in [6.07, 6.45) is 4.12. The minimum absolute atomic E-state index is 0.185. The standard InChI is InChI=1S/C15H20N2O2S/c1-2-3-12-17(14-6-7-14)20(18,19)15-8-4-13(5-9-15)10-11-16/h4-5,8-9,14H,2-3,6-7,10,12H2,1H3. The van der Waals surface area contributed by atoms with Crippen LogP contribution >= 0.6 is 0 Å². The number of sulfonamides is 1. The van der Waals surface area contributed by atoms with Crippen LogP contribution in [0, 0.1) is 11.3 Å². The molecule has 0 unspecified atom stereocenters. The Hall–Kier alpha value is -1.38. The van der Waals surface area contributed by atoms with Gasteiger partial charge in [0.1, 0.15) is 0 Å². The average molecular weight is 292 g/mol. The summed E-state index contributed by atoms with van der Waals surface area (Å²) in [5.41, 5.74) is 0.845. The third kappa shape index (κ3) is 3.38. The van der Waals surface area contributed by atoms with Crippen LogP contribution in [0.1, 0.15) is 38.2 Å². The van der Waals surface area contributed by atoms with Crippen molar-refractivity contribution in [3.8, 4) is 6.07 Å². The van der Waals surface area contributed by atoms with E-state index in [4.69, 9.17) is 5.26 Å². The Morgan fingerprint density at radius 3 is 2.45 bits per heavy atom. The fourth-order valence-corrected chi connectivity index (χ4v) is 3.91. The Morgan fingerprint density at radius 1 is 1.30 bits per heavy atom. The zero-order valence-electron chi connectivity index (χ0n) is 11.7. The van der Waals surface area contributed by atoms with Gasteiger partial charge < -0.3 is 0 Å². The number of hydrogen-bond acceptors (Lipinski definition) is 3. The van der Waals surface area contributed by atoms with Crippen LogP contribution < -0.4 is 0 Å². The monoisotopic (exact) mass is 292 g/mol. The lowest BCUT2D eigenvalue weighted by Crippen LogP contribution is -2.34. The van der Waals surface area contributed by atoms with Gasteiger partial charge in [0, 0.05) is 12.6 Å². The third-order valence-corrected chi connectivity index (χ3v) is 5.47. The highest BCUT2D eigenvalue weighted by Gasteiger charge is 2.37. The molecular weight excluding hydrogens is 272 g/mol. The first kappa shape index (κ1) is 15.0. The fourth-order valence-electron chi connectivity index (χ4n) is 2.18. The number of nitriles is 1. The molecule has 0 bridgehead atoms. The molecule has 0 amide bonds. The molecule has 0 aromatic heterocycles. The Labute approximate surface area is 121 Å². The summed E-state index contributed by atoms with van der Waals surface area (Å²) in [5, 5.41) is 8.64. The van der Waals surface area contributed by atoms with Gasteiger partial charge in [0.25, 0.3) is 0 Å². The molecule has 1 aliphatic rings. The predicted octanol–water partition coefficient (Wildman–Crippen LogP) is 2.71.